The average molecular weight is 161 g/mol. The normalized spacial score (nSPS) is 29.3. The molecule has 1 saturated heterocycles. The number of rotatable bonds is 0. The Kier molecular flexibility index (Phi) is 0.966. The number of hydrogen-bond donors (Lipinski definition) is 0. The Morgan fingerprint density at radius 3 is 3.33 bits per heavy atom. The Bertz CT molecular complexity index is 373. The molecule has 0 saturated carbocycles. The molecule has 60 valence electrons. The molecular formula is C9H7NO2. The third-order valence-corrected chi connectivity index (χ3v) is 2.29. The highest BCUT2D eigenvalue weighted by Crippen LogP contribution is 2.42. The molecule has 0 bridgehead atoms. The van der Waals surface area contributed by atoms with E-state index in [4.69, 9.17) is 4.74 Å². The van der Waals surface area contributed by atoms with Gasteiger partial charge in [-0.2, -0.15) is 4.73 Å². The van der Waals surface area contributed by atoms with Gasteiger partial charge < -0.3 is 9.94 Å². The van der Waals surface area contributed by atoms with Crippen LogP contribution in [-0.4, -0.2) is 6.10 Å². The van der Waals surface area contributed by atoms with Crippen molar-refractivity contribution in [2.45, 2.75) is 12.2 Å². The van der Waals surface area contributed by atoms with Crippen LogP contribution in [0.1, 0.15) is 17.4 Å². The van der Waals surface area contributed by atoms with E-state index in [-0.39, 0.29) is 12.2 Å². The summed E-state index contributed by atoms with van der Waals surface area (Å²) in [5, 5.41) is 11.3. The number of hydrogen-bond acceptors (Lipinski definition) is 2. The summed E-state index contributed by atoms with van der Waals surface area (Å²) in [5.41, 5.74) is 1.73. The summed E-state index contributed by atoms with van der Waals surface area (Å²) in [6, 6.07) is 3.68. The minimum atomic E-state index is 0.0173. The van der Waals surface area contributed by atoms with E-state index < -0.39 is 0 Å². The van der Waals surface area contributed by atoms with Gasteiger partial charge in [-0.25, -0.2) is 0 Å². The molecular weight excluding hydrogens is 154 g/mol. The van der Waals surface area contributed by atoms with Gasteiger partial charge in [0, 0.05) is 11.6 Å². The molecule has 0 amide bonds. The largest absolute Gasteiger partial charge is 0.618 e. The third-order valence-electron chi connectivity index (χ3n) is 2.29. The summed E-state index contributed by atoms with van der Waals surface area (Å²) >= 11 is 0. The fourth-order valence-electron chi connectivity index (χ4n) is 1.64. The van der Waals surface area contributed by atoms with Crippen LogP contribution < -0.4 is 4.73 Å². The summed E-state index contributed by atoms with van der Waals surface area (Å²) in [4.78, 5) is 0. The van der Waals surface area contributed by atoms with E-state index in [1.807, 2.05) is 18.2 Å². The summed E-state index contributed by atoms with van der Waals surface area (Å²) in [6.07, 6.45) is 5.62. The molecule has 3 rings (SSSR count). The van der Waals surface area contributed by atoms with Crippen LogP contribution in [0.25, 0.3) is 6.08 Å². The zero-order chi connectivity index (χ0) is 8.13. The number of aromatic nitrogens is 1. The van der Waals surface area contributed by atoms with Crippen LogP contribution in [0.4, 0.5) is 0 Å². The first-order valence-corrected chi connectivity index (χ1v) is 3.92. The van der Waals surface area contributed by atoms with Crippen LogP contribution in [0.5, 0.6) is 0 Å². The van der Waals surface area contributed by atoms with Gasteiger partial charge in [0.25, 0.3) is 0 Å². The van der Waals surface area contributed by atoms with E-state index in [1.54, 1.807) is 6.07 Å². The number of epoxide rings is 1. The van der Waals surface area contributed by atoms with Gasteiger partial charge in [0.15, 0.2) is 12.3 Å². The van der Waals surface area contributed by atoms with Crippen molar-refractivity contribution in [2.24, 2.45) is 0 Å². The van der Waals surface area contributed by atoms with Crippen LogP contribution in [0.2, 0.25) is 0 Å². The van der Waals surface area contributed by atoms with Gasteiger partial charge in [0.2, 0.25) is 5.69 Å². The SMILES string of the molecule is [O-][n+]1cccc2c1C1OC1C=C2. The molecule has 0 radical (unpaired) electrons. The van der Waals surface area contributed by atoms with E-state index in [1.165, 1.54) is 6.20 Å². The van der Waals surface area contributed by atoms with Crippen molar-refractivity contribution in [3.05, 3.63) is 40.9 Å². The summed E-state index contributed by atoms with van der Waals surface area (Å²) in [7, 11) is 0. The smallest absolute Gasteiger partial charge is 0.232 e. The van der Waals surface area contributed by atoms with E-state index in [9.17, 15) is 5.21 Å². The molecule has 0 N–H and O–H groups in total. The van der Waals surface area contributed by atoms with Crippen molar-refractivity contribution in [1.29, 1.82) is 0 Å². The lowest BCUT2D eigenvalue weighted by atomic mass is 10.0. The van der Waals surface area contributed by atoms with Gasteiger partial charge in [-0.15, -0.1) is 0 Å². The van der Waals surface area contributed by atoms with Crippen molar-refractivity contribution >= 4 is 6.08 Å². The first kappa shape index (κ1) is 6.20. The standard InChI is InChI=1S/C9H7NO2/c11-10-5-1-2-6-3-4-7-9(12-7)8(6)10/h1-5,7,9H. The zero-order valence-corrected chi connectivity index (χ0v) is 6.31. The second-order valence-corrected chi connectivity index (χ2v) is 3.05. The van der Waals surface area contributed by atoms with Gasteiger partial charge >= 0.3 is 0 Å². The van der Waals surface area contributed by atoms with Gasteiger partial charge in [-0.1, -0.05) is 6.08 Å². The maximum Gasteiger partial charge on any atom is 0.232 e. The Morgan fingerprint density at radius 1 is 1.50 bits per heavy atom. The lowest BCUT2D eigenvalue weighted by Crippen LogP contribution is -2.32. The molecule has 2 aliphatic rings. The molecule has 1 aromatic heterocycles. The molecule has 2 unspecified atom stereocenters. The molecule has 1 aromatic rings. The van der Waals surface area contributed by atoms with Crippen molar-refractivity contribution in [2.75, 3.05) is 0 Å². The molecule has 0 aromatic carbocycles. The highest BCUT2D eigenvalue weighted by atomic mass is 16.6. The van der Waals surface area contributed by atoms with Crippen LogP contribution in [0.15, 0.2) is 24.4 Å². The van der Waals surface area contributed by atoms with E-state index in [2.05, 4.69) is 0 Å². The minimum Gasteiger partial charge on any atom is -0.618 e. The van der Waals surface area contributed by atoms with Gasteiger partial charge in [-0.3, -0.25) is 0 Å². The molecule has 3 nitrogen and oxygen atoms in total. The predicted octanol–water partition coefficient (Wildman–Crippen LogP) is 0.787. The summed E-state index contributed by atoms with van der Waals surface area (Å²) in [6.45, 7) is 0. The van der Waals surface area contributed by atoms with Crippen LogP contribution in [-0.2, 0) is 4.74 Å². The molecule has 1 aliphatic carbocycles. The zero-order valence-electron chi connectivity index (χ0n) is 6.31. The van der Waals surface area contributed by atoms with Crippen LogP contribution in [0, 0.1) is 5.21 Å². The summed E-state index contributed by atoms with van der Waals surface area (Å²) in [5.74, 6) is 0. The first-order valence-electron chi connectivity index (χ1n) is 3.92. The van der Waals surface area contributed by atoms with E-state index in [0.717, 1.165) is 16.0 Å². The van der Waals surface area contributed by atoms with E-state index in [0.29, 0.717) is 0 Å². The molecule has 1 fully saturated rings. The average Bonchev–Trinajstić information content (AvgIpc) is 2.82. The molecule has 12 heavy (non-hydrogen) atoms. The van der Waals surface area contributed by atoms with Crippen molar-refractivity contribution in [3.63, 3.8) is 0 Å². The topological polar surface area (TPSA) is 39.5 Å². The van der Waals surface area contributed by atoms with Crippen molar-refractivity contribution < 1.29 is 9.47 Å². The lowest BCUT2D eigenvalue weighted by Gasteiger charge is -2.06. The number of pyridine rings is 1. The predicted molar refractivity (Wildman–Crippen MR) is 42.1 cm³/mol. The first-order chi connectivity index (χ1) is 5.86. The molecule has 2 heterocycles. The monoisotopic (exact) mass is 161 g/mol. The maximum absolute atomic E-state index is 11.3. The second-order valence-electron chi connectivity index (χ2n) is 3.05. The number of fused-ring (bicyclic) bond motifs is 3. The van der Waals surface area contributed by atoms with Crippen LogP contribution in [0.3, 0.4) is 0 Å². The Morgan fingerprint density at radius 2 is 2.42 bits per heavy atom. The quantitative estimate of drug-likeness (QED) is 0.320. The van der Waals surface area contributed by atoms with Gasteiger partial charge in [0.1, 0.15) is 6.10 Å². The Labute approximate surface area is 69.5 Å². The highest BCUT2D eigenvalue weighted by Gasteiger charge is 2.47. The third kappa shape index (κ3) is 0.662. The van der Waals surface area contributed by atoms with Crippen molar-refractivity contribution in [3.8, 4) is 0 Å². The number of nitrogens with zero attached hydrogens (tertiary/aromatic N) is 1. The molecule has 2 atom stereocenters. The maximum atomic E-state index is 11.3. The fourth-order valence-corrected chi connectivity index (χ4v) is 1.64. The second kappa shape index (κ2) is 1.87. The Hall–Kier alpha value is -1.35. The minimum absolute atomic E-state index is 0.0173. The molecule has 1 aliphatic heterocycles. The lowest BCUT2D eigenvalue weighted by molar-refractivity contribution is -0.615. The van der Waals surface area contributed by atoms with Crippen molar-refractivity contribution in [1.82, 2.24) is 0 Å². The van der Waals surface area contributed by atoms with Gasteiger partial charge in [-0.05, 0) is 12.1 Å². The molecule has 0 spiro atoms. The summed E-state index contributed by atoms with van der Waals surface area (Å²) < 4.78 is 6.17. The van der Waals surface area contributed by atoms with Crippen LogP contribution >= 0.6 is 0 Å². The van der Waals surface area contributed by atoms with Gasteiger partial charge in [0.05, 0.1) is 0 Å². The Balaban J connectivity index is 2.27. The highest BCUT2D eigenvalue weighted by molar-refractivity contribution is 5.56. The van der Waals surface area contributed by atoms with E-state index >= 15 is 0 Å². The fraction of sp³-hybridized carbons (Fsp3) is 0.222. The number of ether oxygens (including phenoxy) is 1. The molecule has 3 heteroatoms.